The maximum Gasteiger partial charge on any atom is 0.333 e. The van der Waals surface area contributed by atoms with Gasteiger partial charge >= 0.3 is 6.55 Å². The molecule has 0 aliphatic heterocycles. The van der Waals surface area contributed by atoms with E-state index in [1.165, 1.54) is 18.2 Å². The molecule has 0 bridgehead atoms. The van der Waals surface area contributed by atoms with Gasteiger partial charge in [-0.05, 0) is 6.07 Å². The molecule has 0 saturated carbocycles. The minimum Gasteiger partial charge on any atom is -0.258 e. The smallest absolute Gasteiger partial charge is 0.258 e. The van der Waals surface area contributed by atoms with Gasteiger partial charge in [0.15, 0.2) is 0 Å². The van der Waals surface area contributed by atoms with Crippen LogP contribution in [0.1, 0.15) is 6.55 Å². The number of non-ortho nitro benzene ring substituents is 1. The Morgan fingerprint density at radius 2 is 2.20 bits per heavy atom. The van der Waals surface area contributed by atoms with Gasteiger partial charge < -0.3 is 0 Å². The molecular weight excluding hydrogens is 208 g/mol. The molecular formula is C8H5F2N3O2. The number of rotatable bonds is 2. The van der Waals surface area contributed by atoms with Crippen molar-refractivity contribution in [1.82, 2.24) is 9.78 Å². The average Bonchev–Trinajstić information content (AvgIpc) is 2.59. The third kappa shape index (κ3) is 1.63. The second-order valence-corrected chi connectivity index (χ2v) is 2.89. The van der Waals surface area contributed by atoms with Gasteiger partial charge in [0, 0.05) is 23.7 Å². The van der Waals surface area contributed by atoms with Gasteiger partial charge in [0.1, 0.15) is 0 Å². The van der Waals surface area contributed by atoms with Crippen LogP contribution in [0.4, 0.5) is 14.5 Å². The van der Waals surface area contributed by atoms with Crippen molar-refractivity contribution in [1.29, 1.82) is 0 Å². The molecule has 0 fully saturated rings. The predicted molar refractivity (Wildman–Crippen MR) is 47.6 cm³/mol. The summed E-state index contributed by atoms with van der Waals surface area (Å²) in [6, 6.07) is 3.78. The lowest BCUT2D eigenvalue weighted by molar-refractivity contribution is -0.384. The van der Waals surface area contributed by atoms with E-state index in [2.05, 4.69) is 5.10 Å². The summed E-state index contributed by atoms with van der Waals surface area (Å²) in [6.07, 6.45) is 1.08. The van der Waals surface area contributed by atoms with E-state index in [0.29, 0.717) is 15.6 Å². The Hall–Kier alpha value is -2.05. The molecule has 1 aromatic heterocycles. The van der Waals surface area contributed by atoms with Gasteiger partial charge in [-0.15, -0.1) is 0 Å². The highest BCUT2D eigenvalue weighted by Crippen LogP contribution is 2.21. The molecule has 0 aliphatic rings. The van der Waals surface area contributed by atoms with Crippen LogP contribution >= 0.6 is 0 Å². The zero-order chi connectivity index (χ0) is 11.0. The number of fused-ring (bicyclic) bond motifs is 1. The molecule has 1 aromatic carbocycles. The lowest BCUT2D eigenvalue weighted by Gasteiger charge is -1.94. The maximum absolute atomic E-state index is 12.2. The van der Waals surface area contributed by atoms with E-state index < -0.39 is 11.5 Å². The fourth-order valence-corrected chi connectivity index (χ4v) is 1.25. The standard InChI is InChI=1S/C8H5F2N3O2/c9-8(10)12-4-5-3-6(13(14)15)1-2-7(5)11-12/h1-4,8H. The van der Waals surface area contributed by atoms with E-state index in [1.807, 2.05) is 0 Å². The summed E-state index contributed by atoms with van der Waals surface area (Å²) in [5, 5.41) is 14.3. The summed E-state index contributed by atoms with van der Waals surface area (Å²) in [5.41, 5.74) is 0.164. The highest BCUT2D eigenvalue weighted by Gasteiger charge is 2.12. The van der Waals surface area contributed by atoms with Crippen LogP contribution in [0, 0.1) is 10.1 Å². The van der Waals surface area contributed by atoms with Crippen LogP contribution in [-0.2, 0) is 0 Å². The van der Waals surface area contributed by atoms with Crippen molar-refractivity contribution >= 4 is 16.6 Å². The first kappa shape index (κ1) is 9.50. The van der Waals surface area contributed by atoms with Crippen LogP contribution in [0.5, 0.6) is 0 Å². The van der Waals surface area contributed by atoms with Crippen LogP contribution in [0.25, 0.3) is 10.9 Å². The SMILES string of the molecule is O=[N+]([O-])c1ccc2nn(C(F)F)cc2c1. The zero-order valence-electron chi connectivity index (χ0n) is 7.30. The number of alkyl halides is 2. The van der Waals surface area contributed by atoms with Gasteiger partial charge in [-0.25, -0.2) is 4.68 Å². The Balaban J connectivity index is 2.57. The molecule has 0 atom stereocenters. The number of nitrogens with zero attached hydrogens (tertiary/aromatic N) is 3. The van der Waals surface area contributed by atoms with E-state index in [-0.39, 0.29) is 5.69 Å². The van der Waals surface area contributed by atoms with E-state index in [1.54, 1.807) is 0 Å². The monoisotopic (exact) mass is 213 g/mol. The van der Waals surface area contributed by atoms with Crippen LogP contribution in [0.3, 0.4) is 0 Å². The largest absolute Gasteiger partial charge is 0.333 e. The van der Waals surface area contributed by atoms with Gasteiger partial charge in [0.2, 0.25) is 0 Å². The fourth-order valence-electron chi connectivity index (χ4n) is 1.25. The number of nitro groups is 1. The van der Waals surface area contributed by atoms with E-state index >= 15 is 0 Å². The molecule has 78 valence electrons. The molecule has 1 heterocycles. The Bertz CT molecular complexity index is 524. The number of hydrogen-bond donors (Lipinski definition) is 0. The van der Waals surface area contributed by atoms with Crippen molar-refractivity contribution in [2.24, 2.45) is 0 Å². The first-order valence-electron chi connectivity index (χ1n) is 3.99. The van der Waals surface area contributed by atoms with Gasteiger partial charge in [-0.1, -0.05) is 0 Å². The summed E-state index contributed by atoms with van der Waals surface area (Å²) >= 11 is 0. The highest BCUT2D eigenvalue weighted by atomic mass is 19.3. The molecule has 0 saturated heterocycles. The summed E-state index contributed by atoms with van der Waals surface area (Å²) in [5.74, 6) is 0. The van der Waals surface area contributed by atoms with Crippen LogP contribution in [0.15, 0.2) is 24.4 Å². The summed E-state index contributed by atoms with van der Waals surface area (Å²) < 4.78 is 24.9. The first-order valence-corrected chi connectivity index (χ1v) is 3.99. The lowest BCUT2D eigenvalue weighted by Crippen LogP contribution is -1.96. The number of aromatic nitrogens is 2. The molecule has 0 radical (unpaired) electrons. The molecule has 2 rings (SSSR count). The number of hydrogen-bond acceptors (Lipinski definition) is 3. The van der Waals surface area contributed by atoms with E-state index in [0.717, 1.165) is 6.20 Å². The van der Waals surface area contributed by atoms with Gasteiger partial charge in [-0.3, -0.25) is 10.1 Å². The third-order valence-corrected chi connectivity index (χ3v) is 1.92. The highest BCUT2D eigenvalue weighted by molar-refractivity contribution is 5.80. The van der Waals surface area contributed by atoms with Crippen molar-refractivity contribution < 1.29 is 13.7 Å². The van der Waals surface area contributed by atoms with Gasteiger partial charge in [0.05, 0.1) is 10.4 Å². The molecule has 7 heteroatoms. The van der Waals surface area contributed by atoms with Crippen LogP contribution < -0.4 is 0 Å². The second-order valence-electron chi connectivity index (χ2n) is 2.89. The Labute approximate surface area is 82.1 Å². The Morgan fingerprint density at radius 1 is 1.47 bits per heavy atom. The molecule has 0 unspecified atom stereocenters. The molecule has 0 N–H and O–H groups in total. The average molecular weight is 213 g/mol. The first-order chi connectivity index (χ1) is 7.08. The topological polar surface area (TPSA) is 61.0 Å². The van der Waals surface area contributed by atoms with E-state index in [9.17, 15) is 18.9 Å². The predicted octanol–water partition coefficient (Wildman–Crippen LogP) is 2.34. The van der Waals surface area contributed by atoms with Crippen molar-refractivity contribution in [3.63, 3.8) is 0 Å². The van der Waals surface area contributed by atoms with Crippen molar-refractivity contribution in [2.45, 2.75) is 6.55 Å². The van der Waals surface area contributed by atoms with Crippen molar-refractivity contribution in [3.8, 4) is 0 Å². The van der Waals surface area contributed by atoms with Crippen LogP contribution in [-0.4, -0.2) is 14.7 Å². The van der Waals surface area contributed by atoms with Crippen molar-refractivity contribution in [3.05, 3.63) is 34.5 Å². The summed E-state index contributed by atoms with van der Waals surface area (Å²) in [6.45, 7) is -2.74. The van der Waals surface area contributed by atoms with Gasteiger partial charge in [0.25, 0.3) is 5.69 Å². The maximum atomic E-state index is 12.2. The summed E-state index contributed by atoms with van der Waals surface area (Å²) in [7, 11) is 0. The number of halogens is 2. The summed E-state index contributed by atoms with van der Waals surface area (Å²) in [4.78, 5) is 9.83. The zero-order valence-corrected chi connectivity index (χ0v) is 7.30. The number of benzene rings is 1. The van der Waals surface area contributed by atoms with Crippen molar-refractivity contribution in [2.75, 3.05) is 0 Å². The minimum absolute atomic E-state index is 0.142. The third-order valence-electron chi connectivity index (χ3n) is 1.92. The Kier molecular flexibility index (Phi) is 2.07. The Morgan fingerprint density at radius 3 is 2.80 bits per heavy atom. The van der Waals surface area contributed by atoms with E-state index in [4.69, 9.17) is 0 Å². The number of nitro benzene ring substituents is 1. The van der Waals surface area contributed by atoms with Crippen LogP contribution in [0.2, 0.25) is 0 Å². The minimum atomic E-state index is -2.74. The molecule has 0 spiro atoms. The van der Waals surface area contributed by atoms with Gasteiger partial charge in [-0.2, -0.15) is 13.9 Å². The molecule has 0 amide bonds. The lowest BCUT2D eigenvalue weighted by atomic mass is 10.2. The fraction of sp³-hybridized carbons (Fsp3) is 0.125. The quantitative estimate of drug-likeness (QED) is 0.568. The molecule has 15 heavy (non-hydrogen) atoms. The second kappa shape index (κ2) is 3.26. The molecule has 2 aromatic rings. The molecule has 0 aliphatic carbocycles. The molecule has 5 nitrogen and oxygen atoms in total. The normalized spacial score (nSPS) is 11.1.